The van der Waals surface area contributed by atoms with Crippen molar-refractivity contribution in [3.8, 4) is 0 Å². The molecule has 7 heteroatoms. The third-order valence-corrected chi connectivity index (χ3v) is 6.44. The Hall–Kier alpha value is -2.38. The number of carbonyl (C=O) groups excluding carboxylic acids is 1. The number of primary amides is 1. The van der Waals surface area contributed by atoms with E-state index in [9.17, 15) is 13.2 Å². The molecule has 1 aromatic heterocycles. The molecule has 0 saturated heterocycles. The van der Waals surface area contributed by atoms with Crippen LogP contribution in [0.15, 0.2) is 59.5 Å². The van der Waals surface area contributed by atoms with E-state index in [-0.39, 0.29) is 4.90 Å². The Morgan fingerprint density at radius 3 is 2.43 bits per heavy atom. The lowest BCUT2D eigenvalue weighted by molar-refractivity contribution is 0.100. The number of fused-ring (bicyclic) bond motifs is 1. The molecule has 0 radical (unpaired) electrons. The van der Waals surface area contributed by atoms with Crippen molar-refractivity contribution in [2.75, 3.05) is 11.4 Å². The Bertz CT molecular complexity index is 979. The number of amides is 1. The van der Waals surface area contributed by atoms with Crippen molar-refractivity contribution < 1.29 is 13.2 Å². The maximum Gasteiger partial charge on any atom is 0.264 e. The molecule has 118 valence electrons. The summed E-state index contributed by atoms with van der Waals surface area (Å²) in [6.07, 6.45) is 0. The summed E-state index contributed by atoms with van der Waals surface area (Å²) in [7, 11) is -2.12. The second-order valence-electron chi connectivity index (χ2n) is 4.98. The third kappa shape index (κ3) is 2.80. The van der Waals surface area contributed by atoms with Crippen LogP contribution in [0.25, 0.3) is 10.1 Å². The van der Waals surface area contributed by atoms with Gasteiger partial charge in [0.15, 0.2) is 0 Å². The van der Waals surface area contributed by atoms with Gasteiger partial charge in [-0.05, 0) is 41.8 Å². The first-order valence-corrected chi connectivity index (χ1v) is 9.02. The summed E-state index contributed by atoms with van der Waals surface area (Å²) in [6.45, 7) is 0. The smallest absolute Gasteiger partial charge is 0.264 e. The molecule has 0 aliphatic heterocycles. The predicted octanol–water partition coefficient (Wildman–Crippen LogP) is 2.83. The van der Waals surface area contributed by atoms with Crippen molar-refractivity contribution in [3.63, 3.8) is 0 Å². The molecule has 0 fully saturated rings. The number of nitrogens with zero attached hydrogens (tertiary/aromatic N) is 1. The third-order valence-electron chi connectivity index (χ3n) is 3.51. The Morgan fingerprint density at radius 1 is 1.09 bits per heavy atom. The van der Waals surface area contributed by atoms with Crippen LogP contribution in [-0.2, 0) is 10.0 Å². The molecule has 3 aromatic rings. The molecule has 0 saturated carbocycles. The van der Waals surface area contributed by atoms with Gasteiger partial charge >= 0.3 is 0 Å². The lowest BCUT2D eigenvalue weighted by Crippen LogP contribution is -2.26. The van der Waals surface area contributed by atoms with Gasteiger partial charge in [-0.3, -0.25) is 9.10 Å². The van der Waals surface area contributed by atoms with Crippen LogP contribution in [0.3, 0.4) is 0 Å². The fourth-order valence-corrected chi connectivity index (χ4v) is 4.34. The van der Waals surface area contributed by atoms with E-state index >= 15 is 0 Å². The molecular weight excluding hydrogens is 332 g/mol. The normalized spacial score (nSPS) is 11.5. The Kier molecular flexibility index (Phi) is 3.83. The first-order chi connectivity index (χ1) is 10.9. The minimum absolute atomic E-state index is 0.228. The van der Waals surface area contributed by atoms with Crippen molar-refractivity contribution in [1.29, 1.82) is 0 Å². The fraction of sp³-hybridized carbons (Fsp3) is 0.0625. The Morgan fingerprint density at radius 2 is 1.78 bits per heavy atom. The number of hydrogen-bond donors (Lipinski definition) is 1. The molecule has 2 aromatic carbocycles. The highest BCUT2D eigenvalue weighted by atomic mass is 32.2. The Labute approximate surface area is 138 Å². The molecule has 0 spiro atoms. The maximum absolute atomic E-state index is 12.6. The van der Waals surface area contributed by atoms with Gasteiger partial charge in [-0.1, -0.05) is 18.2 Å². The SMILES string of the molecule is CN(c1ccc2sc(C(N)=O)cc2c1)S(=O)(=O)c1ccccc1. The van der Waals surface area contributed by atoms with Gasteiger partial charge in [0.2, 0.25) is 0 Å². The molecule has 0 aliphatic rings. The molecule has 2 N–H and O–H groups in total. The molecule has 1 amide bonds. The minimum atomic E-state index is -3.63. The van der Waals surface area contributed by atoms with Crippen molar-refractivity contribution >= 4 is 43.0 Å². The number of nitrogens with two attached hydrogens (primary N) is 1. The number of benzene rings is 2. The van der Waals surface area contributed by atoms with E-state index in [1.807, 2.05) is 0 Å². The fourth-order valence-electron chi connectivity index (χ4n) is 2.24. The van der Waals surface area contributed by atoms with Crippen LogP contribution in [0.1, 0.15) is 9.67 Å². The van der Waals surface area contributed by atoms with Crippen LogP contribution in [0.5, 0.6) is 0 Å². The summed E-state index contributed by atoms with van der Waals surface area (Å²) in [5, 5.41) is 0.788. The second kappa shape index (κ2) is 5.68. The van der Waals surface area contributed by atoms with E-state index in [1.54, 1.807) is 54.6 Å². The first kappa shape index (κ1) is 15.5. The van der Waals surface area contributed by atoms with Crippen LogP contribution < -0.4 is 10.0 Å². The van der Waals surface area contributed by atoms with E-state index in [1.165, 1.54) is 22.7 Å². The molecule has 5 nitrogen and oxygen atoms in total. The van der Waals surface area contributed by atoms with Gasteiger partial charge in [0.05, 0.1) is 15.5 Å². The molecule has 3 rings (SSSR count). The summed E-state index contributed by atoms with van der Waals surface area (Å²) in [5.41, 5.74) is 5.81. The van der Waals surface area contributed by atoms with Gasteiger partial charge in [0.1, 0.15) is 0 Å². The van der Waals surface area contributed by atoms with Gasteiger partial charge in [-0.2, -0.15) is 0 Å². The molecule has 0 atom stereocenters. The van der Waals surface area contributed by atoms with Crippen molar-refractivity contribution in [2.24, 2.45) is 5.73 Å². The van der Waals surface area contributed by atoms with E-state index in [0.717, 1.165) is 10.1 Å². The monoisotopic (exact) mass is 346 g/mol. The zero-order chi connectivity index (χ0) is 16.6. The first-order valence-electron chi connectivity index (χ1n) is 6.77. The van der Waals surface area contributed by atoms with E-state index in [0.29, 0.717) is 10.6 Å². The minimum Gasteiger partial charge on any atom is -0.365 e. The maximum atomic E-state index is 12.6. The summed E-state index contributed by atoms with van der Waals surface area (Å²) < 4.78 is 27.4. The van der Waals surface area contributed by atoms with Crippen LogP contribution in [-0.4, -0.2) is 21.4 Å². The van der Waals surface area contributed by atoms with E-state index in [4.69, 9.17) is 5.73 Å². The molecule has 0 unspecified atom stereocenters. The highest BCUT2D eigenvalue weighted by Crippen LogP contribution is 2.30. The topological polar surface area (TPSA) is 80.5 Å². The summed E-state index contributed by atoms with van der Waals surface area (Å²) in [4.78, 5) is 11.9. The number of carbonyl (C=O) groups is 1. The van der Waals surface area contributed by atoms with Gasteiger partial charge in [0, 0.05) is 11.7 Å². The molecule has 1 heterocycles. The lowest BCUT2D eigenvalue weighted by atomic mass is 10.2. The summed E-state index contributed by atoms with van der Waals surface area (Å²) >= 11 is 1.29. The number of thiophene rings is 1. The van der Waals surface area contributed by atoms with Crippen LogP contribution in [0, 0.1) is 0 Å². The zero-order valence-electron chi connectivity index (χ0n) is 12.3. The van der Waals surface area contributed by atoms with Gasteiger partial charge in [0.25, 0.3) is 15.9 Å². The molecular formula is C16H14N2O3S2. The van der Waals surface area contributed by atoms with E-state index < -0.39 is 15.9 Å². The molecule has 23 heavy (non-hydrogen) atoms. The number of anilines is 1. The summed E-state index contributed by atoms with van der Waals surface area (Å²) in [6, 6.07) is 15.2. The van der Waals surface area contributed by atoms with Crippen LogP contribution in [0.4, 0.5) is 5.69 Å². The Balaban J connectivity index is 2.04. The second-order valence-corrected chi connectivity index (χ2v) is 8.04. The average molecular weight is 346 g/mol. The van der Waals surface area contributed by atoms with Crippen molar-refractivity contribution in [1.82, 2.24) is 0 Å². The highest BCUT2D eigenvalue weighted by Gasteiger charge is 2.21. The largest absolute Gasteiger partial charge is 0.365 e. The molecule has 0 aliphatic carbocycles. The number of sulfonamides is 1. The van der Waals surface area contributed by atoms with Crippen molar-refractivity contribution in [3.05, 3.63) is 59.5 Å². The lowest BCUT2D eigenvalue weighted by Gasteiger charge is -2.19. The van der Waals surface area contributed by atoms with Gasteiger partial charge in [-0.25, -0.2) is 8.42 Å². The standard InChI is InChI=1S/C16H14N2O3S2/c1-18(23(20,21)13-5-3-2-4-6-13)12-7-8-14-11(9-12)10-15(22-14)16(17)19/h2-10H,1H3,(H2,17,19). The van der Waals surface area contributed by atoms with Gasteiger partial charge in [-0.15, -0.1) is 11.3 Å². The average Bonchev–Trinajstić information content (AvgIpc) is 2.98. The zero-order valence-corrected chi connectivity index (χ0v) is 13.9. The van der Waals surface area contributed by atoms with Crippen molar-refractivity contribution in [2.45, 2.75) is 4.90 Å². The quantitative estimate of drug-likeness (QED) is 0.789. The highest BCUT2D eigenvalue weighted by molar-refractivity contribution is 7.92. The number of hydrogen-bond acceptors (Lipinski definition) is 4. The predicted molar refractivity (Wildman–Crippen MR) is 92.4 cm³/mol. The van der Waals surface area contributed by atoms with Crippen LogP contribution >= 0.6 is 11.3 Å². The van der Waals surface area contributed by atoms with Crippen LogP contribution in [0.2, 0.25) is 0 Å². The number of rotatable bonds is 4. The van der Waals surface area contributed by atoms with Gasteiger partial charge < -0.3 is 5.73 Å². The molecule has 0 bridgehead atoms. The summed E-state index contributed by atoms with van der Waals surface area (Å²) in [5.74, 6) is -0.488. The van der Waals surface area contributed by atoms with E-state index in [2.05, 4.69) is 0 Å².